The first kappa shape index (κ1) is 13.7. The van der Waals surface area contributed by atoms with Crippen LogP contribution in [0.25, 0.3) is 0 Å². The average Bonchev–Trinajstić information content (AvgIpc) is 2.24. The molecule has 1 rings (SSSR count). The predicted octanol–water partition coefficient (Wildman–Crippen LogP) is 3.18. The maximum atomic E-state index is 12.4. The number of halogens is 3. The SMILES string of the molecule is CC(C)=CC(NN)c1ccc(C(F)(F)F)cc1. The van der Waals surface area contributed by atoms with E-state index in [0.717, 1.165) is 17.7 Å². The van der Waals surface area contributed by atoms with Crippen molar-refractivity contribution in [1.29, 1.82) is 0 Å². The zero-order valence-electron chi connectivity index (χ0n) is 9.68. The van der Waals surface area contributed by atoms with Gasteiger partial charge in [0, 0.05) is 0 Å². The third-order valence-corrected chi connectivity index (χ3v) is 2.28. The van der Waals surface area contributed by atoms with Crippen molar-refractivity contribution in [2.24, 2.45) is 5.84 Å². The first-order chi connectivity index (χ1) is 7.84. The summed E-state index contributed by atoms with van der Waals surface area (Å²) >= 11 is 0. The lowest BCUT2D eigenvalue weighted by Gasteiger charge is -2.14. The molecule has 3 N–H and O–H groups in total. The molecule has 0 radical (unpaired) electrons. The van der Waals surface area contributed by atoms with Crippen LogP contribution in [0.2, 0.25) is 0 Å². The van der Waals surface area contributed by atoms with E-state index in [2.05, 4.69) is 5.43 Å². The van der Waals surface area contributed by atoms with Crippen LogP contribution in [-0.4, -0.2) is 0 Å². The van der Waals surface area contributed by atoms with Gasteiger partial charge in [-0.05, 0) is 31.5 Å². The van der Waals surface area contributed by atoms with Crippen LogP contribution >= 0.6 is 0 Å². The number of benzene rings is 1. The monoisotopic (exact) mass is 244 g/mol. The van der Waals surface area contributed by atoms with Gasteiger partial charge in [0.2, 0.25) is 0 Å². The summed E-state index contributed by atoms with van der Waals surface area (Å²) in [4.78, 5) is 0. The second-order valence-corrected chi connectivity index (χ2v) is 4.01. The summed E-state index contributed by atoms with van der Waals surface area (Å²) in [6, 6.07) is 4.68. The Bertz CT molecular complexity index is 389. The maximum absolute atomic E-state index is 12.4. The number of hydrazine groups is 1. The summed E-state index contributed by atoms with van der Waals surface area (Å²) in [6.45, 7) is 3.79. The second-order valence-electron chi connectivity index (χ2n) is 4.01. The Morgan fingerprint density at radius 2 is 1.76 bits per heavy atom. The summed E-state index contributed by atoms with van der Waals surface area (Å²) in [5, 5.41) is 0. The summed E-state index contributed by atoms with van der Waals surface area (Å²) in [5.74, 6) is 5.36. The molecular weight excluding hydrogens is 229 g/mol. The van der Waals surface area contributed by atoms with Crippen LogP contribution in [0.5, 0.6) is 0 Å². The Kier molecular flexibility index (Phi) is 4.31. The predicted molar refractivity (Wildman–Crippen MR) is 60.9 cm³/mol. The number of hydrogen-bond acceptors (Lipinski definition) is 2. The molecule has 0 fully saturated rings. The highest BCUT2D eigenvalue weighted by Gasteiger charge is 2.30. The van der Waals surface area contributed by atoms with Crippen molar-refractivity contribution < 1.29 is 13.2 Å². The van der Waals surface area contributed by atoms with Crippen molar-refractivity contribution in [3.8, 4) is 0 Å². The van der Waals surface area contributed by atoms with E-state index in [9.17, 15) is 13.2 Å². The van der Waals surface area contributed by atoms with Gasteiger partial charge in [0.1, 0.15) is 0 Å². The highest BCUT2D eigenvalue weighted by atomic mass is 19.4. The quantitative estimate of drug-likeness (QED) is 0.487. The molecule has 0 saturated heterocycles. The molecule has 1 aromatic carbocycles. The highest BCUT2D eigenvalue weighted by Crippen LogP contribution is 2.30. The molecule has 0 aliphatic rings. The molecule has 0 aliphatic heterocycles. The second kappa shape index (κ2) is 5.33. The van der Waals surface area contributed by atoms with Gasteiger partial charge >= 0.3 is 6.18 Å². The standard InChI is InChI=1S/C12H15F3N2/c1-8(2)7-11(17-16)9-3-5-10(6-4-9)12(13,14)15/h3-7,11,17H,16H2,1-2H3. The molecule has 17 heavy (non-hydrogen) atoms. The lowest BCUT2D eigenvalue weighted by Crippen LogP contribution is -2.26. The molecule has 1 aromatic rings. The molecule has 0 amide bonds. The minimum Gasteiger partial charge on any atom is -0.271 e. The van der Waals surface area contributed by atoms with Crippen LogP contribution in [-0.2, 0) is 6.18 Å². The summed E-state index contributed by atoms with van der Waals surface area (Å²) in [5.41, 5.74) is 3.62. The van der Waals surface area contributed by atoms with E-state index in [-0.39, 0.29) is 6.04 Å². The van der Waals surface area contributed by atoms with Crippen LogP contribution in [0.15, 0.2) is 35.9 Å². The van der Waals surface area contributed by atoms with E-state index >= 15 is 0 Å². The zero-order chi connectivity index (χ0) is 13.1. The van der Waals surface area contributed by atoms with E-state index in [1.807, 2.05) is 19.9 Å². The summed E-state index contributed by atoms with van der Waals surface area (Å²) in [7, 11) is 0. The molecule has 0 spiro atoms. The molecule has 0 heterocycles. The number of nitrogens with one attached hydrogen (secondary N) is 1. The Labute approximate surface area is 98.3 Å². The van der Waals surface area contributed by atoms with Gasteiger partial charge in [0.15, 0.2) is 0 Å². The third-order valence-electron chi connectivity index (χ3n) is 2.28. The Balaban J connectivity index is 2.97. The van der Waals surface area contributed by atoms with Gasteiger partial charge in [0.25, 0.3) is 0 Å². The Morgan fingerprint density at radius 3 is 2.12 bits per heavy atom. The Hall–Kier alpha value is -1.33. The summed E-state index contributed by atoms with van der Waals surface area (Å²) < 4.78 is 37.1. The molecule has 0 bridgehead atoms. The summed E-state index contributed by atoms with van der Waals surface area (Å²) in [6.07, 6.45) is -2.46. The molecule has 5 heteroatoms. The van der Waals surface area contributed by atoms with Crippen LogP contribution in [0.1, 0.15) is 31.0 Å². The van der Waals surface area contributed by atoms with Crippen molar-refractivity contribution in [3.05, 3.63) is 47.0 Å². The lowest BCUT2D eigenvalue weighted by molar-refractivity contribution is -0.137. The van der Waals surface area contributed by atoms with Gasteiger partial charge in [-0.2, -0.15) is 13.2 Å². The van der Waals surface area contributed by atoms with Crippen molar-refractivity contribution in [2.45, 2.75) is 26.1 Å². The number of hydrogen-bond donors (Lipinski definition) is 2. The molecule has 0 aromatic heterocycles. The maximum Gasteiger partial charge on any atom is 0.416 e. The number of alkyl halides is 3. The van der Waals surface area contributed by atoms with Crippen LogP contribution < -0.4 is 11.3 Å². The van der Waals surface area contributed by atoms with E-state index in [1.54, 1.807) is 0 Å². The van der Waals surface area contributed by atoms with Gasteiger partial charge in [-0.3, -0.25) is 5.84 Å². The van der Waals surface area contributed by atoms with Gasteiger partial charge in [-0.15, -0.1) is 0 Å². The minimum atomic E-state index is -4.30. The smallest absolute Gasteiger partial charge is 0.271 e. The molecule has 2 nitrogen and oxygen atoms in total. The largest absolute Gasteiger partial charge is 0.416 e. The first-order valence-corrected chi connectivity index (χ1v) is 5.13. The van der Waals surface area contributed by atoms with Crippen LogP contribution in [0.3, 0.4) is 0 Å². The average molecular weight is 244 g/mol. The fraction of sp³-hybridized carbons (Fsp3) is 0.333. The fourth-order valence-electron chi connectivity index (χ4n) is 1.45. The first-order valence-electron chi connectivity index (χ1n) is 5.13. The number of nitrogens with two attached hydrogens (primary N) is 1. The Morgan fingerprint density at radius 1 is 1.24 bits per heavy atom. The number of allylic oxidation sites excluding steroid dienone is 1. The third kappa shape index (κ3) is 3.87. The van der Waals surface area contributed by atoms with Crippen molar-refractivity contribution in [3.63, 3.8) is 0 Å². The van der Waals surface area contributed by atoms with Gasteiger partial charge in [0.05, 0.1) is 11.6 Å². The molecule has 94 valence electrons. The normalized spacial score (nSPS) is 13.3. The van der Waals surface area contributed by atoms with Crippen LogP contribution in [0.4, 0.5) is 13.2 Å². The van der Waals surface area contributed by atoms with E-state index < -0.39 is 11.7 Å². The molecule has 1 atom stereocenters. The molecule has 0 aliphatic carbocycles. The van der Waals surface area contributed by atoms with Crippen molar-refractivity contribution in [1.82, 2.24) is 5.43 Å². The van der Waals surface area contributed by atoms with Crippen LogP contribution in [0, 0.1) is 0 Å². The lowest BCUT2D eigenvalue weighted by atomic mass is 10.0. The number of rotatable bonds is 3. The van der Waals surface area contributed by atoms with Crippen molar-refractivity contribution in [2.75, 3.05) is 0 Å². The van der Waals surface area contributed by atoms with Crippen molar-refractivity contribution >= 4 is 0 Å². The van der Waals surface area contributed by atoms with E-state index in [4.69, 9.17) is 5.84 Å². The van der Waals surface area contributed by atoms with Gasteiger partial charge in [-0.1, -0.05) is 23.8 Å². The molecule has 0 saturated carbocycles. The topological polar surface area (TPSA) is 38.0 Å². The highest BCUT2D eigenvalue weighted by molar-refractivity contribution is 5.29. The van der Waals surface area contributed by atoms with Gasteiger partial charge in [-0.25, -0.2) is 5.43 Å². The van der Waals surface area contributed by atoms with E-state index in [1.165, 1.54) is 12.1 Å². The van der Waals surface area contributed by atoms with E-state index in [0.29, 0.717) is 5.56 Å². The fourth-order valence-corrected chi connectivity index (χ4v) is 1.45. The minimum absolute atomic E-state index is 0.276. The molecule has 1 unspecified atom stereocenters. The van der Waals surface area contributed by atoms with Gasteiger partial charge < -0.3 is 0 Å². The molecular formula is C12H15F3N2. The zero-order valence-corrected chi connectivity index (χ0v) is 9.68.